The second-order valence-corrected chi connectivity index (χ2v) is 5.13. The molecule has 0 bridgehead atoms. The Kier molecular flexibility index (Phi) is 4.46. The summed E-state index contributed by atoms with van der Waals surface area (Å²) in [5.74, 6) is -11.7. The second-order valence-electron chi connectivity index (χ2n) is 5.13. The Morgan fingerprint density at radius 2 is 1.52 bits per heavy atom. The first kappa shape index (κ1) is 15.7. The Balaban J connectivity index is 2.25. The maximum atomic E-state index is 13.5. The zero-order valence-electron chi connectivity index (χ0n) is 11.1. The van der Waals surface area contributed by atoms with Crippen molar-refractivity contribution >= 4 is 11.6 Å². The molecule has 3 nitrogen and oxygen atoms in total. The summed E-state index contributed by atoms with van der Waals surface area (Å²) >= 11 is 0. The molecule has 2 unspecified atom stereocenters. The SMILES string of the molecule is CC1CNCC(C(=O)Nc2c(F)c(F)c(F)c(F)c2F)C1. The molecule has 1 aromatic rings. The van der Waals surface area contributed by atoms with E-state index in [1.54, 1.807) is 5.32 Å². The molecule has 1 aliphatic rings. The lowest BCUT2D eigenvalue weighted by molar-refractivity contribution is -0.120. The fourth-order valence-corrected chi connectivity index (χ4v) is 2.30. The molecule has 1 amide bonds. The van der Waals surface area contributed by atoms with E-state index in [-0.39, 0.29) is 12.5 Å². The molecule has 1 fully saturated rings. The van der Waals surface area contributed by atoms with Gasteiger partial charge in [-0.05, 0) is 18.9 Å². The van der Waals surface area contributed by atoms with Gasteiger partial charge < -0.3 is 10.6 Å². The van der Waals surface area contributed by atoms with Gasteiger partial charge in [-0.25, -0.2) is 22.0 Å². The number of carbonyl (C=O) groups is 1. The van der Waals surface area contributed by atoms with Gasteiger partial charge in [0, 0.05) is 6.54 Å². The maximum Gasteiger partial charge on any atom is 0.228 e. The molecule has 0 spiro atoms. The minimum absolute atomic E-state index is 0.172. The van der Waals surface area contributed by atoms with E-state index in [4.69, 9.17) is 0 Å². The fourth-order valence-electron chi connectivity index (χ4n) is 2.30. The molecule has 2 N–H and O–H groups in total. The van der Waals surface area contributed by atoms with Crippen molar-refractivity contribution in [1.29, 1.82) is 0 Å². The van der Waals surface area contributed by atoms with Crippen LogP contribution >= 0.6 is 0 Å². The van der Waals surface area contributed by atoms with E-state index in [2.05, 4.69) is 5.32 Å². The Morgan fingerprint density at radius 3 is 2.05 bits per heavy atom. The van der Waals surface area contributed by atoms with Gasteiger partial charge in [0.1, 0.15) is 5.69 Å². The van der Waals surface area contributed by atoms with Crippen LogP contribution in [0.1, 0.15) is 13.3 Å². The van der Waals surface area contributed by atoms with Gasteiger partial charge in [-0.2, -0.15) is 0 Å². The second kappa shape index (κ2) is 5.97. The van der Waals surface area contributed by atoms with Crippen molar-refractivity contribution in [2.45, 2.75) is 13.3 Å². The van der Waals surface area contributed by atoms with Gasteiger partial charge in [-0.15, -0.1) is 0 Å². The molecule has 1 heterocycles. The van der Waals surface area contributed by atoms with Crippen LogP contribution in [0.2, 0.25) is 0 Å². The average molecular weight is 308 g/mol. The zero-order chi connectivity index (χ0) is 15.7. The lowest BCUT2D eigenvalue weighted by Crippen LogP contribution is -2.41. The van der Waals surface area contributed by atoms with Crippen LogP contribution in [-0.2, 0) is 4.79 Å². The third kappa shape index (κ3) is 2.99. The zero-order valence-corrected chi connectivity index (χ0v) is 11.1. The Bertz CT molecular complexity index is 549. The highest BCUT2D eigenvalue weighted by Gasteiger charge is 2.30. The van der Waals surface area contributed by atoms with Crippen molar-refractivity contribution < 1.29 is 26.7 Å². The number of piperidine rings is 1. The van der Waals surface area contributed by atoms with Crippen LogP contribution in [0.15, 0.2) is 0 Å². The van der Waals surface area contributed by atoms with Crippen LogP contribution in [0.3, 0.4) is 0 Å². The molecule has 1 aromatic carbocycles. The van der Waals surface area contributed by atoms with E-state index in [1.165, 1.54) is 0 Å². The van der Waals surface area contributed by atoms with Crippen molar-refractivity contribution in [2.75, 3.05) is 18.4 Å². The van der Waals surface area contributed by atoms with Crippen LogP contribution in [0.5, 0.6) is 0 Å². The van der Waals surface area contributed by atoms with E-state index in [9.17, 15) is 26.7 Å². The van der Waals surface area contributed by atoms with E-state index in [0.717, 1.165) is 0 Å². The van der Waals surface area contributed by atoms with Gasteiger partial charge in [0.05, 0.1) is 5.92 Å². The first-order chi connectivity index (χ1) is 9.82. The van der Waals surface area contributed by atoms with E-state index >= 15 is 0 Å². The number of hydrogen-bond donors (Lipinski definition) is 2. The molecule has 116 valence electrons. The number of halogens is 5. The molecular weight excluding hydrogens is 295 g/mol. The van der Waals surface area contributed by atoms with E-state index in [0.29, 0.717) is 13.0 Å². The summed E-state index contributed by atoms with van der Waals surface area (Å²) in [6.07, 6.45) is 0.466. The van der Waals surface area contributed by atoms with Crippen LogP contribution < -0.4 is 10.6 Å². The number of anilines is 1. The van der Waals surface area contributed by atoms with Crippen molar-refractivity contribution in [3.63, 3.8) is 0 Å². The van der Waals surface area contributed by atoms with Gasteiger partial charge >= 0.3 is 0 Å². The first-order valence-corrected chi connectivity index (χ1v) is 6.36. The molecule has 0 aliphatic carbocycles. The topological polar surface area (TPSA) is 41.1 Å². The smallest absolute Gasteiger partial charge is 0.228 e. The predicted octanol–water partition coefficient (Wildman–Crippen LogP) is 2.57. The molecule has 21 heavy (non-hydrogen) atoms. The lowest BCUT2D eigenvalue weighted by atomic mass is 9.91. The third-order valence-corrected chi connectivity index (χ3v) is 3.40. The van der Waals surface area contributed by atoms with Gasteiger partial charge in [0.15, 0.2) is 23.3 Å². The number of nitrogens with one attached hydrogen (secondary N) is 2. The molecule has 2 atom stereocenters. The van der Waals surface area contributed by atoms with Crippen molar-refractivity contribution in [3.05, 3.63) is 29.1 Å². The summed E-state index contributed by atoms with van der Waals surface area (Å²) in [6.45, 7) is 2.86. The van der Waals surface area contributed by atoms with Crippen molar-refractivity contribution in [2.24, 2.45) is 11.8 Å². The monoisotopic (exact) mass is 308 g/mol. The summed E-state index contributed by atoms with van der Waals surface area (Å²) in [4.78, 5) is 11.9. The highest BCUT2D eigenvalue weighted by molar-refractivity contribution is 5.93. The van der Waals surface area contributed by atoms with Gasteiger partial charge in [-0.3, -0.25) is 4.79 Å². The normalized spacial score (nSPS) is 22.2. The average Bonchev–Trinajstić information content (AvgIpc) is 2.47. The summed E-state index contributed by atoms with van der Waals surface area (Å²) in [5.41, 5.74) is -1.31. The first-order valence-electron chi connectivity index (χ1n) is 6.36. The van der Waals surface area contributed by atoms with Crippen LogP contribution in [0.25, 0.3) is 0 Å². The van der Waals surface area contributed by atoms with Crippen LogP contribution in [0.4, 0.5) is 27.6 Å². The Morgan fingerprint density at radius 1 is 1.00 bits per heavy atom. The fraction of sp³-hybridized carbons (Fsp3) is 0.462. The van der Waals surface area contributed by atoms with Crippen molar-refractivity contribution in [3.8, 4) is 0 Å². The standard InChI is InChI=1S/C13H13F5N2O/c1-5-2-6(4-19-3-5)13(21)20-12-10(17)8(15)7(14)9(16)11(12)18/h5-6,19H,2-4H2,1H3,(H,20,21). The Hall–Kier alpha value is -1.70. The summed E-state index contributed by atoms with van der Waals surface area (Å²) in [5, 5.41) is 4.76. The Labute approximate surface area is 117 Å². The summed E-state index contributed by atoms with van der Waals surface area (Å²) in [7, 11) is 0. The number of carbonyl (C=O) groups excluding carboxylic acids is 1. The summed E-state index contributed by atoms with van der Waals surface area (Å²) in [6, 6.07) is 0. The van der Waals surface area contributed by atoms with Crippen LogP contribution in [0, 0.1) is 40.9 Å². The van der Waals surface area contributed by atoms with Crippen molar-refractivity contribution in [1.82, 2.24) is 5.32 Å². The van der Waals surface area contributed by atoms with Gasteiger partial charge in [-0.1, -0.05) is 6.92 Å². The highest BCUT2D eigenvalue weighted by atomic mass is 19.2. The predicted molar refractivity (Wildman–Crippen MR) is 65.0 cm³/mol. The number of rotatable bonds is 2. The third-order valence-electron chi connectivity index (χ3n) is 3.40. The number of amides is 1. The molecule has 1 aliphatic heterocycles. The number of benzene rings is 1. The minimum atomic E-state index is -2.25. The molecule has 0 aromatic heterocycles. The highest BCUT2D eigenvalue weighted by Crippen LogP contribution is 2.28. The largest absolute Gasteiger partial charge is 0.321 e. The molecular formula is C13H13F5N2O. The van der Waals surface area contributed by atoms with Gasteiger partial charge in [0.2, 0.25) is 11.7 Å². The molecule has 0 saturated carbocycles. The minimum Gasteiger partial charge on any atom is -0.321 e. The van der Waals surface area contributed by atoms with Crippen LogP contribution in [-0.4, -0.2) is 19.0 Å². The molecule has 1 saturated heterocycles. The van der Waals surface area contributed by atoms with E-state index < -0.39 is 46.6 Å². The van der Waals surface area contributed by atoms with E-state index in [1.807, 2.05) is 6.92 Å². The summed E-state index contributed by atoms with van der Waals surface area (Å²) < 4.78 is 65.9. The lowest BCUT2D eigenvalue weighted by Gasteiger charge is -2.26. The maximum absolute atomic E-state index is 13.5. The molecule has 8 heteroatoms. The quantitative estimate of drug-likeness (QED) is 0.501. The molecule has 2 rings (SSSR count). The number of hydrogen-bond acceptors (Lipinski definition) is 2. The van der Waals surface area contributed by atoms with Gasteiger partial charge in [0.25, 0.3) is 0 Å². The molecule has 0 radical (unpaired) electrons.